The van der Waals surface area contributed by atoms with Crippen LogP contribution in [-0.4, -0.2) is 87.4 Å². The first kappa shape index (κ1) is 73.5. The number of carbonyl (C=O) groups is 3. The summed E-state index contributed by atoms with van der Waals surface area (Å²) < 4.78 is 22.9. The molecule has 0 saturated carbocycles. The summed E-state index contributed by atoms with van der Waals surface area (Å²) in [5.41, 5.74) is 0. The number of carboxylic acid groups (broad SMARTS) is 1. The largest absolute Gasteiger partial charge is 0.477 e. The van der Waals surface area contributed by atoms with Crippen molar-refractivity contribution in [2.45, 2.75) is 283 Å². The molecule has 77 heavy (non-hydrogen) atoms. The molecule has 0 aliphatic carbocycles. The molecule has 0 fully saturated rings. The van der Waals surface area contributed by atoms with Gasteiger partial charge in [0, 0.05) is 12.8 Å². The van der Waals surface area contributed by atoms with Crippen LogP contribution in [0.4, 0.5) is 0 Å². The summed E-state index contributed by atoms with van der Waals surface area (Å²) in [6, 6.07) is 0. The molecule has 9 nitrogen and oxygen atoms in total. The van der Waals surface area contributed by atoms with E-state index in [1.54, 1.807) is 0 Å². The van der Waals surface area contributed by atoms with Gasteiger partial charge in [0.1, 0.15) is 13.2 Å². The Labute approximate surface area is 474 Å². The summed E-state index contributed by atoms with van der Waals surface area (Å²) in [6.07, 6.45) is 75.3. The summed E-state index contributed by atoms with van der Waals surface area (Å²) in [6.45, 7) is 4.77. The summed E-state index contributed by atoms with van der Waals surface area (Å²) in [5, 5.41) is 9.72. The van der Waals surface area contributed by atoms with Crippen molar-refractivity contribution in [1.29, 1.82) is 0 Å². The number of allylic oxidation sites excluding steroid dienone is 14. The van der Waals surface area contributed by atoms with Gasteiger partial charge in [-0.05, 0) is 89.9 Å². The summed E-state index contributed by atoms with van der Waals surface area (Å²) >= 11 is 0. The van der Waals surface area contributed by atoms with Crippen molar-refractivity contribution in [2.75, 3.05) is 47.5 Å². The van der Waals surface area contributed by atoms with Crippen LogP contribution in [0.25, 0.3) is 0 Å². The number of carboxylic acids is 1. The van der Waals surface area contributed by atoms with Crippen LogP contribution in [0.5, 0.6) is 0 Å². The maximum atomic E-state index is 12.9. The Morgan fingerprint density at radius 1 is 0.403 bits per heavy atom. The molecule has 444 valence electrons. The smallest absolute Gasteiger partial charge is 0.361 e. The second-order valence-electron chi connectivity index (χ2n) is 22.3. The third-order valence-electron chi connectivity index (χ3n) is 13.6. The van der Waals surface area contributed by atoms with E-state index in [4.69, 9.17) is 18.9 Å². The van der Waals surface area contributed by atoms with Crippen molar-refractivity contribution in [3.05, 3.63) is 85.1 Å². The Kier molecular flexibility index (Phi) is 55.9. The highest BCUT2D eigenvalue weighted by molar-refractivity contribution is 5.71. The number of carbonyl (C=O) groups excluding carboxylic acids is 2. The monoisotopic (exact) mass is 1080 g/mol. The minimum atomic E-state index is -1.52. The van der Waals surface area contributed by atoms with Gasteiger partial charge in [-0.15, -0.1) is 0 Å². The van der Waals surface area contributed by atoms with E-state index in [1.165, 1.54) is 141 Å². The van der Waals surface area contributed by atoms with Crippen LogP contribution in [0.3, 0.4) is 0 Å². The number of aliphatic carboxylic acids is 1. The second-order valence-corrected chi connectivity index (χ2v) is 22.3. The van der Waals surface area contributed by atoms with Gasteiger partial charge in [-0.3, -0.25) is 9.59 Å². The van der Waals surface area contributed by atoms with Crippen LogP contribution in [-0.2, 0) is 33.3 Å². The minimum absolute atomic E-state index is 0.181. The fourth-order valence-corrected chi connectivity index (χ4v) is 8.78. The molecule has 1 N–H and O–H groups in total. The molecule has 0 aromatic rings. The van der Waals surface area contributed by atoms with Crippen molar-refractivity contribution in [3.63, 3.8) is 0 Å². The summed E-state index contributed by atoms with van der Waals surface area (Å²) in [7, 11) is 5.97. The number of esters is 2. The van der Waals surface area contributed by atoms with Gasteiger partial charge in [-0.25, -0.2) is 4.79 Å². The molecule has 0 bridgehead atoms. The van der Waals surface area contributed by atoms with Gasteiger partial charge in [0.25, 0.3) is 6.29 Å². The van der Waals surface area contributed by atoms with Gasteiger partial charge in [-0.1, -0.05) is 253 Å². The third-order valence-corrected chi connectivity index (χ3v) is 13.6. The SMILES string of the molecule is CC/C=C\C/C=C\C/C=C\C/C=C\C/C=C\C/C=C\CCCCCCCCC(=O)OC(COC(=O)CCCCCCCCCCCCCCCCC/C=C\CCCCCCCCCC)COC(OCC[N+](C)(C)C)C(=O)O. The first-order valence-electron chi connectivity index (χ1n) is 31.8. The van der Waals surface area contributed by atoms with Crippen molar-refractivity contribution in [2.24, 2.45) is 0 Å². The number of nitrogens with zero attached hydrogens (tertiary/aromatic N) is 1. The van der Waals surface area contributed by atoms with Gasteiger partial charge in [0.15, 0.2) is 6.10 Å². The lowest BCUT2D eigenvalue weighted by Gasteiger charge is -2.25. The highest BCUT2D eigenvalue weighted by atomic mass is 16.7. The normalized spacial score (nSPS) is 13.3. The number of hydrogen-bond acceptors (Lipinski definition) is 7. The lowest BCUT2D eigenvalue weighted by molar-refractivity contribution is -0.870. The van der Waals surface area contributed by atoms with Crippen molar-refractivity contribution in [3.8, 4) is 0 Å². The fraction of sp³-hybridized carbons (Fsp3) is 0.750. The number of ether oxygens (including phenoxy) is 4. The Morgan fingerprint density at radius 2 is 0.740 bits per heavy atom. The van der Waals surface area contributed by atoms with Gasteiger partial charge >= 0.3 is 17.9 Å². The standard InChI is InChI=1S/C68H119NO8/c1-6-8-10-12-14-16-18-20-22-24-26-28-30-32-33-35-36-38-40-42-44-46-48-50-52-54-56-58-65(70)75-62-64(63-76-68(67(72)73)74-61-60-69(3,4)5)77-66(71)59-57-55-53-51-49-47-45-43-41-39-37-34-31-29-27-25-23-21-19-17-15-13-11-9-7-2/h9,11,15,17,21,23-24,26-27,29,34,37,41,43,64,68H,6-8,10,12-14,16,18-20,22,25,28,30-33,35-36,38-40,42,44-63H2,1-5H3/p+1/b11-9-,17-15-,23-21-,26-24-,29-27-,37-34-,43-41-. The van der Waals surface area contributed by atoms with E-state index < -0.39 is 24.3 Å². The Bertz CT molecular complexity index is 1540. The van der Waals surface area contributed by atoms with E-state index in [1.807, 2.05) is 21.1 Å². The zero-order valence-corrected chi connectivity index (χ0v) is 50.6. The molecular weight excluding hydrogens is 959 g/mol. The quantitative estimate of drug-likeness (QED) is 0.0211. The number of hydrogen-bond donors (Lipinski definition) is 1. The predicted molar refractivity (Wildman–Crippen MR) is 327 cm³/mol. The van der Waals surface area contributed by atoms with E-state index in [0.29, 0.717) is 23.9 Å². The first-order chi connectivity index (χ1) is 37.6. The molecule has 0 aromatic heterocycles. The molecular formula is C68H120NO8+. The molecule has 0 heterocycles. The molecule has 0 spiro atoms. The van der Waals surface area contributed by atoms with Crippen LogP contribution in [0.1, 0.15) is 271 Å². The Hall–Kier alpha value is -3.53. The summed E-state index contributed by atoms with van der Waals surface area (Å²) in [5.74, 6) is -2.02. The van der Waals surface area contributed by atoms with Crippen LogP contribution in [0.2, 0.25) is 0 Å². The highest BCUT2D eigenvalue weighted by Gasteiger charge is 2.25. The van der Waals surface area contributed by atoms with E-state index in [-0.39, 0.29) is 32.2 Å². The topological polar surface area (TPSA) is 108 Å². The zero-order chi connectivity index (χ0) is 56.2. The van der Waals surface area contributed by atoms with Crippen LogP contribution in [0.15, 0.2) is 85.1 Å². The number of unbranched alkanes of at least 4 members (excludes halogenated alkanes) is 29. The lowest BCUT2D eigenvalue weighted by Crippen LogP contribution is -2.40. The van der Waals surface area contributed by atoms with E-state index in [0.717, 1.165) is 96.3 Å². The Morgan fingerprint density at radius 3 is 1.12 bits per heavy atom. The van der Waals surface area contributed by atoms with E-state index in [2.05, 4.69) is 98.9 Å². The molecule has 0 aliphatic heterocycles. The van der Waals surface area contributed by atoms with E-state index in [9.17, 15) is 19.5 Å². The van der Waals surface area contributed by atoms with Gasteiger partial charge < -0.3 is 28.5 Å². The Balaban J connectivity index is 4.22. The van der Waals surface area contributed by atoms with Crippen LogP contribution in [0, 0.1) is 0 Å². The molecule has 9 heteroatoms. The second kappa shape index (κ2) is 58.6. The molecule has 2 atom stereocenters. The molecule has 0 aromatic carbocycles. The lowest BCUT2D eigenvalue weighted by atomic mass is 10.0. The van der Waals surface area contributed by atoms with Gasteiger partial charge in [-0.2, -0.15) is 0 Å². The molecule has 0 radical (unpaired) electrons. The molecule has 0 rings (SSSR count). The summed E-state index contributed by atoms with van der Waals surface area (Å²) in [4.78, 5) is 37.5. The molecule has 2 unspecified atom stereocenters. The number of likely N-dealkylation sites (N-methyl/N-ethyl adjacent to an activating group) is 1. The van der Waals surface area contributed by atoms with Crippen molar-refractivity contribution in [1.82, 2.24) is 0 Å². The maximum absolute atomic E-state index is 12.9. The maximum Gasteiger partial charge on any atom is 0.361 e. The molecule has 0 amide bonds. The van der Waals surface area contributed by atoms with Crippen molar-refractivity contribution < 1.29 is 42.9 Å². The third kappa shape index (κ3) is 60.0. The number of rotatable bonds is 58. The highest BCUT2D eigenvalue weighted by Crippen LogP contribution is 2.16. The average molecular weight is 1080 g/mol. The molecule has 0 aliphatic rings. The average Bonchev–Trinajstić information content (AvgIpc) is 3.40. The number of quaternary nitrogens is 1. The minimum Gasteiger partial charge on any atom is -0.477 e. The zero-order valence-electron chi connectivity index (χ0n) is 50.6. The van der Waals surface area contributed by atoms with Crippen molar-refractivity contribution >= 4 is 17.9 Å². The first-order valence-corrected chi connectivity index (χ1v) is 31.8. The van der Waals surface area contributed by atoms with Crippen LogP contribution >= 0.6 is 0 Å². The fourth-order valence-electron chi connectivity index (χ4n) is 8.78. The van der Waals surface area contributed by atoms with Gasteiger partial charge in [0.2, 0.25) is 0 Å². The van der Waals surface area contributed by atoms with Crippen LogP contribution < -0.4 is 0 Å². The predicted octanol–water partition coefficient (Wildman–Crippen LogP) is 19.1. The molecule has 0 saturated heterocycles. The van der Waals surface area contributed by atoms with E-state index >= 15 is 0 Å². The van der Waals surface area contributed by atoms with Gasteiger partial charge in [0.05, 0.1) is 34.4 Å².